The maximum absolute atomic E-state index is 15.5. The van der Waals surface area contributed by atoms with Crippen molar-refractivity contribution in [2.24, 2.45) is 0 Å². The van der Waals surface area contributed by atoms with E-state index in [-0.39, 0.29) is 58.3 Å². The fraction of sp³-hybridized carbons (Fsp3) is 0.333. The van der Waals surface area contributed by atoms with Crippen LogP contribution in [0, 0.1) is 13.8 Å². The SMILES string of the molecule is Cc1ccccc1-c1c(/C=C/C(=O)NCCCN2CCCC2=O)ccc(Sc2ccc(/C=C/C(=O)NCCCN3CCCC3=O)c(-c3ccccc3C)c2C(F)(F)F)c1C(F)(F)F. The molecule has 0 atom stereocenters. The highest BCUT2D eigenvalue weighted by Gasteiger charge is 2.41. The molecule has 63 heavy (non-hydrogen) atoms. The molecule has 2 fully saturated rings. The molecule has 2 N–H and O–H groups in total. The second kappa shape index (κ2) is 20.6. The van der Waals surface area contributed by atoms with Crippen molar-refractivity contribution in [3.8, 4) is 22.3 Å². The highest BCUT2D eigenvalue weighted by molar-refractivity contribution is 7.99. The summed E-state index contributed by atoms with van der Waals surface area (Å²) in [6, 6.07) is 17.6. The summed E-state index contributed by atoms with van der Waals surface area (Å²) < 4.78 is 93.1. The van der Waals surface area contributed by atoms with Gasteiger partial charge in [0.05, 0.1) is 11.1 Å². The summed E-state index contributed by atoms with van der Waals surface area (Å²) in [7, 11) is 0. The summed E-state index contributed by atoms with van der Waals surface area (Å²) in [4.78, 5) is 52.0. The Morgan fingerprint density at radius 3 is 1.37 bits per heavy atom. The van der Waals surface area contributed by atoms with E-state index in [0.29, 0.717) is 74.8 Å². The van der Waals surface area contributed by atoms with E-state index in [1.54, 1.807) is 60.0 Å². The predicted octanol–water partition coefficient (Wildman–Crippen LogP) is 10.1. The molecule has 4 amide bonds. The van der Waals surface area contributed by atoms with Gasteiger partial charge < -0.3 is 20.4 Å². The van der Waals surface area contributed by atoms with Gasteiger partial charge in [-0.15, -0.1) is 0 Å². The standard InChI is InChI=1S/C48H48F6N4O4S/c1-31-11-3-5-13-35(31)43-33(19-23-39(59)55-25-9-29-57-27-7-15-41(57)61)17-21-37(45(43)47(49,50)51)63-38-22-18-34(20-24-40(60)56-26-10-30-58-28-8-16-42(58)62)44(46(38)48(52,53)54)36-14-6-4-12-32(36)2/h3-6,11-14,17-24H,7-10,15-16,25-30H2,1-2H3,(H,55,59)(H,56,60)/b23-19+,24-20+. The van der Waals surface area contributed by atoms with Crippen LogP contribution in [0.15, 0.2) is 94.7 Å². The fourth-order valence-corrected chi connectivity index (χ4v) is 9.06. The molecule has 0 saturated carbocycles. The summed E-state index contributed by atoms with van der Waals surface area (Å²) in [5, 5.41) is 5.40. The largest absolute Gasteiger partial charge is 0.418 e. The lowest BCUT2D eigenvalue weighted by Gasteiger charge is -2.24. The minimum absolute atomic E-state index is 0.0266. The summed E-state index contributed by atoms with van der Waals surface area (Å²) in [6.07, 6.45) is -1.84. The average molecular weight is 891 g/mol. The third kappa shape index (κ3) is 11.8. The number of likely N-dealkylation sites (tertiary alicyclic amines) is 2. The minimum atomic E-state index is -5.06. The van der Waals surface area contributed by atoms with E-state index in [1.807, 2.05) is 0 Å². The molecule has 8 nitrogen and oxygen atoms in total. The summed E-state index contributed by atoms with van der Waals surface area (Å²) in [5.41, 5.74) is -1.57. The van der Waals surface area contributed by atoms with E-state index in [2.05, 4.69) is 10.6 Å². The number of nitrogens with one attached hydrogen (secondary N) is 2. The van der Waals surface area contributed by atoms with Gasteiger partial charge >= 0.3 is 12.4 Å². The van der Waals surface area contributed by atoms with Gasteiger partial charge in [-0.25, -0.2) is 0 Å². The predicted molar refractivity (Wildman–Crippen MR) is 232 cm³/mol. The highest BCUT2D eigenvalue weighted by Crippen LogP contribution is 2.51. The van der Waals surface area contributed by atoms with Crippen LogP contribution in [0.2, 0.25) is 0 Å². The molecule has 15 heteroatoms. The Bertz CT molecular complexity index is 2250. The number of halogens is 6. The van der Waals surface area contributed by atoms with Crippen molar-refractivity contribution >= 4 is 47.5 Å². The van der Waals surface area contributed by atoms with Crippen molar-refractivity contribution in [1.29, 1.82) is 0 Å². The maximum Gasteiger partial charge on any atom is 0.418 e. The molecule has 0 spiro atoms. The molecule has 2 aliphatic heterocycles. The van der Waals surface area contributed by atoms with Gasteiger partial charge in [-0.1, -0.05) is 72.4 Å². The number of amides is 4. The Morgan fingerprint density at radius 2 is 1.02 bits per heavy atom. The van der Waals surface area contributed by atoms with E-state index in [0.717, 1.165) is 37.1 Å². The Hall–Kier alpha value is -5.83. The number of aryl methyl sites for hydroxylation is 2. The van der Waals surface area contributed by atoms with E-state index in [9.17, 15) is 19.2 Å². The number of benzene rings is 4. The maximum atomic E-state index is 15.5. The van der Waals surface area contributed by atoms with Gasteiger partial charge in [-0.2, -0.15) is 26.3 Å². The van der Waals surface area contributed by atoms with Crippen LogP contribution in [0.4, 0.5) is 26.3 Å². The Labute approximate surface area is 366 Å². The van der Waals surface area contributed by atoms with Crippen molar-refractivity contribution < 1.29 is 45.5 Å². The molecule has 2 heterocycles. The van der Waals surface area contributed by atoms with Gasteiger partial charge in [0.2, 0.25) is 23.6 Å². The van der Waals surface area contributed by atoms with E-state index in [1.165, 1.54) is 36.4 Å². The molecule has 0 unspecified atom stereocenters. The molecular weight excluding hydrogens is 843 g/mol. The molecule has 4 aromatic rings. The van der Waals surface area contributed by atoms with Gasteiger partial charge in [0.15, 0.2) is 0 Å². The van der Waals surface area contributed by atoms with Crippen LogP contribution in [-0.2, 0) is 31.5 Å². The molecule has 0 radical (unpaired) electrons. The molecule has 4 aromatic carbocycles. The number of carbonyl (C=O) groups is 4. The van der Waals surface area contributed by atoms with Gasteiger partial charge in [0.1, 0.15) is 0 Å². The summed E-state index contributed by atoms with van der Waals surface area (Å²) in [5.74, 6) is -1.02. The van der Waals surface area contributed by atoms with Crippen LogP contribution >= 0.6 is 11.8 Å². The monoisotopic (exact) mass is 890 g/mol. The summed E-state index contributed by atoms with van der Waals surface area (Å²) >= 11 is 0.336. The van der Waals surface area contributed by atoms with E-state index >= 15 is 26.3 Å². The molecule has 6 rings (SSSR count). The fourth-order valence-electron chi connectivity index (χ4n) is 7.91. The van der Waals surface area contributed by atoms with Gasteiger partial charge in [-0.3, -0.25) is 19.2 Å². The molecule has 2 saturated heterocycles. The first-order valence-electron chi connectivity index (χ1n) is 20.8. The molecule has 0 aromatic heterocycles. The molecular formula is C48H48F6N4O4S. The molecule has 332 valence electrons. The van der Waals surface area contributed by atoms with E-state index < -0.39 is 45.1 Å². The Balaban J connectivity index is 1.36. The molecule has 0 bridgehead atoms. The van der Waals surface area contributed by atoms with Gasteiger partial charge in [0.25, 0.3) is 0 Å². The van der Waals surface area contributed by atoms with Gasteiger partial charge in [0, 0.05) is 85.2 Å². The summed E-state index contributed by atoms with van der Waals surface area (Å²) in [6.45, 7) is 5.97. The smallest absolute Gasteiger partial charge is 0.352 e. The highest BCUT2D eigenvalue weighted by atomic mass is 32.2. The average Bonchev–Trinajstić information content (AvgIpc) is 3.85. The van der Waals surface area contributed by atoms with Crippen LogP contribution in [-0.4, -0.2) is 72.7 Å². The number of hydrogen-bond donors (Lipinski definition) is 2. The first-order chi connectivity index (χ1) is 30.0. The Morgan fingerprint density at radius 1 is 0.619 bits per heavy atom. The minimum Gasteiger partial charge on any atom is -0.352 e. The van der Waals surface area contributed by atoms with Crippen molar-refractivity contribution in [2.45, 2.75) is 74.5 Å². The quantitative estimate of drug-likeness (QED) is 0.0664. The van der Waals surface area contributed by atoms with Gasteiger partial charge in [-0.05, 0) is 97.2 Å². The van der Waals surface area contributed by atoms with Crippen molar-refractivity contribution in [2.75, 3.05) is 39.3 Å². The second-order valence-corrected chi connectivity index (χ2v) is 16.5. The van der Waals surface area contributed by atoms with Crippen LogP contribution in [0.1, 0.15) is 71.9 Å². The Kier molecular flexibility index (Phi) is 15.2. The molecule has 0 aliphatic carbocycles. The van der Waals surface area contributed by atoms with Crippen molar-refractivity contribution in [1.82, 2.24) is 20.4 Å². The lowest BCUT2D eigenvalue weighted by atomic mass is 9.90. The second-order valence-electron chi connectivity index (χ2n) is 15.5. The van der Waals surface area contributed by atoms with Crippen LogP contribution in [0.3, 0.4) is 0 Å². The molecule has 2 aliphatic rings. The van der Waals surface area contributed by atoms with Crippen LogP contribution < -0.4 is 10.6 Å². The number of nitrogens with zero attached hydrogens (tertiary/aromatic N) is 2. The first-order valence-corrected chi connectivity index (χ1v) is 21.6. The third-order valence-corrected chi connectivity index (χ3v) is 12.1. The van der Waals surface area contributed by atoms with Crippen LogP contribution in [0.25, 0.3) is 34.4 Å². The number of hydrogen-bond acceptors (Lipinski definition) is 5. The lowest BCUT2D eigenvalue weighted by Crippen LogP contribution is -2.29. The zero-order valence-electron chi connectivity index (χ0n) is 34.9. The lowest BCUT2D eigenvalue weighted by molar-refractivity contribution is -0.139. The number of carbonyl (C=O) groups excluding carboxylic acids is 4. The normalized spacial score (nSPS) is 14.7. The van der Waals surface area contributed by atoms with Crippen LogP contribution in [0.5, 0.6) is 0 Å². The van der Waals surface area contributed by atoms with Crippen molar-refractivity contribution in [3.05, 3.63) is 118 Å². The van der Waals surface area contributed by atoms with Crippen molar-refractivity contribution in [3.63, 3.8) is 0 Å². The zero-order chi connectivity index (χ0) is 45.3. The number of alkyl halides is 6. The third-order valence-electron chi connectivity index (χ3n) is 11.0. The topological polar surface area (TPSA) is 98.8 Å². The number of rotatable bonds is 16. The zero-order valence-corrected chi connectivity index (χ0v) is 35.7. The van der Waals surface area contributed by atoms with E-state index in [4.69, 9.17) is 0 Å². The first kappa shape index (κ1) is 46.7.